The molecule has 0 unspecified atom stereocenters. The molecule has 2 aliphatic rings. The zero-order valence-corrected chi connectivity index (χ0v) is 12.6. The molecular formula is C15H29N3O. The monoisotopic (exact) mass is 267 g/mol. The van der Waals surface area contributed by atoms with Crippen LogP contribution in [-0.2, 0) is 4.79 Å². The molecule has 19 heavy (non-hydrogen) atoms. The summed E-state index contributed by atoms with van der Waals surface area (Å²) in [7, 11) is 0. The zero-order valence-electron chi connectivity index (χ0n) is 12.6. The first-order valence-electron chi connectivity index (χ1n) is 7.91. The lowest BCUT2D eigenvalue weighted by molar-refractivity contribution is -0.133. The van der Waals surface area contributed by atoms with Crippen LogP contribution in [0.4, 0.5) is 0 Å². The van der Waals surface area contributed by atoms with E-state index in [9.17, 15) is 4.79 Å². The van der Waals surface area contributed by atoms with Gasteiger partial charge in [0, 0.05) is 39.1 Å². The summed E-state index contributed by atoms with van der Waals surface area (Å²) < 4.78 is 0. The van der Waals surface area contributed by atoms with Crippen LogP contribution >= 0.6 is 0 Å². The van der Waals surface area contributed by atoms with Gasteiger partial charge in [0.1, 0.15) is 0 Å². The van der Waals surface area contributed by atoms with Crippen LogP contribution in [0.1, 0.15) is 33.1 Å². The molecule has 1 amide bonds. The predicted octanol–water partition coefficient (Wildman–Crippen LogP) is 1.27. The Morgan fingerprint density at radius 3 is 2.21 bits per heavy atom. The van der Waals surface area contributed by atoms with Gasteiger partial charge >= 0.3 is 0 Å². The summed E-state index contributed by atoms with van der Waals surface area (Å²) in [4.78, 5) is 19.1. The molecule has 0 spiro atoms. The van der Waals surface area contributed by atoms with Crippen LogP contribution in [0.2, 0.25) is 0 Å². The fourth-order valence-corrected chi connectivity index (χ4v) is 3.01. The largest absolute Gasteiger partial charge is 0.340 e. The molecule has 0 atom stereocenters. The first-order chi connectivity index (χ1) is 9.19. The van der Waals surface area contributed by atoms with Crippen molar-refractivity contribution >= 4 is 5.91 Å². The van der Waals surface area contributed by atoms with Crippen molar-refractivity contribution in [2.24, 2.45) is 5.92 Å². The van der Waals surface area contributed by atoms with Gasteiger partial charge in [-0.2, -0.15) is 0 Å². The fourth-order valence-electron chi connectivity index (χ4n) is 3.01. The molecule has 0 saturated carbocycles. The number of rotatable bonds is 4. The SMILES string of the molecule is CCN1CCN(C(=O)CCN2CCC(C)CC2)CC1. The summed E-state index contributed by atoms with van der Waals surface area (Å²) in [6.07, 6.45) is 3.30. The van der Waals surface area contributed by atoms with Gasteiger partial charge in [-0.1, -0.05) is 13.8 Å². The normalized spacial score (nSPS) is 23.8. The number of carbonyl (C=O) groups is 1. The molecule has 110 valence electrons. The number of nitrogens with zero attached hydrogens (tertiary/aromatic N) is 3. The third-order valence-corrected chi connectivity index (χ3v) is 4.69. The molecular weight excluding hydrogens is 238 g/mol. The molecule has 2 heterocycles. The van der Waals surface area contributed by atoms with Crippen molar-refractivity contribution in [2.45, 2.75) is 33.1 Å². The summed E-state index contributed by atoms with van der Waals surface area (Å²) >= 11 is 0. The third kappa shape index (κ3) is 4.46. The van der Waals surface area contributed by atoms with Gasteiger partial charge in [-0.15, -0.1) is 0 Å². The molecule has 4 nitrogen and oxygen atoms in total. The topological polar surface area (TPSA) is 26.8 Å². The molecule has 0 radical (unpaired) electrons. The third-order valence-electron chi connectivity index (χ3n) is 4.69. The highest BCUT2D eigenvalue weighted by atomic mass is 16.2. The van der Waals surface area contributed by atoms with E-state index in [0.717, 1.165) is 45.2 Å². The van der Waals surface area contributed by atoms with E-state index in [0.29, 0.717) is 12.3 Å². The van der Waals surface area contributed by atoms with Crippen LogP contribution in [-0.4, -0.2) is 73.0 Å². The van der Waals surface area contributed by atoms with E-state index in [1.54, 1.807) is 0 Å². The Balaban J connectivity index is 1.64. The molecule has 0 bridgehead atoms. The van der Waals surface area contributed by atoms with Gasteiger partial charge in [0.05, 0.1) is 0 Å². The van der Waals surface area contributed by atoms with Crippen LogP contribution in [0.5, 0.6) is 0 Å². The molecule has 0 aromatic heterocycles. The van der Waals surface area contributed by atoms with Crippen molar-refractivity contribution < 1.29 is 4.79 Å². The van der Waals surface area contributed by atoms with Crippen molar-refractivity contribution in [3.05, 3.63) is 0 Å². The Labute approximate surface area is 117 Å². The highest BCUT2D eigenvalue weighted by molar-refractivity contribution is 5.76. The Hall–Kier alpha value is -0.610. The minimum absolute atomic E-state index is 0.356. The summed E-state index contributed by atoms with van der Waals surface area (Å²) in [5, 5.41) is 0. The molecule has 2 fully saturated rings. The van der Waals surface area contributed by atoms with Gasteiger partial charge in [0.25, 0.3) is 0 Å². The van der Waals surface area contributed by atoms with Crippen molar-refractivity contribution in [1.29, 1.82) is 0 Å². The maximum atomic E-state index is 12.2. The van der Waals surface area contributed by atoms with Gasteiger partial charge < -0.3 is 14.7 Å². The van der Waals surface area contributed by atoms with E-state index < -0.39 is 0 Å². The van der Waals surface area contributed by atoms with E-state index in [-0.39, 0.29) is 0 Å². The highest BCUT2D eigenvalue weighted by Gasteiger charge is 2.21. The number of carbonyl (C=O) groups excluding carboxylic acids is 1. The number of piperazine rings is 1. The first-order valence-corrected chi connectivity index (χ1v) is 7.91. The van der Waals surface area contributed by atoms with E-state index in [1.165, 1.54) is 25.9 Å². The van der Waals surface area contributed by atoms with Crippen molar-refractivity contribution in [3.63, 3.8) is 0 Å². The lowest BCUT2D eigenvalue weighted by Crippen LogP contribution is -2.49. The average molecular weight is 267 g/mol. The van der Waals surface area contributed by atoms with Crippen molar-refractivity contribution in [3.8, 4) is 0 Å². The van der Waals surface area contributed by atoms with Crippen molar-refractivity contribution in [1.82, 2.24) is 14.7 Å². The summed E-state index contributed by atoms with van der Waals surface area (Å²) in [5.41, 5.74) is 0. The molecule has 0 aliphatic carbocycles. The maximum Gasteiger partial charge on any atom is 0.223 e. The van der Waals surface area contributed by atoms with Crippen LogP contribution < -0.4 is 0 Å². The quantitative estimate of drug-likeness (QED) is 0.767. The maximum absolute atomic E-state index is 12.2. The molecule has 2 saturated heterocycles. The predicted molar refractivity (Wildman–Crippen MR) is 78.1 cm³/mol. The van der Waals surface area contributed by atoms with Gasteiger partial charge in [-0.05, 0) is 38.4 Å². The second kappa shape index (κ2) is 7.25. The summed E-state index contributed by atoms with van der Waals surface area (Å²) in [5.74, 6) is 1.23. The number of hydrogen-bond acceptors (Lipinski definition) is 3. The van der Waals surface area contributed by atoms with Gasteiger partial charge in [-0.3, -0.25) is 4.79 Å². The first kappa shape index (κ1) is 14.8. The van der Waals surface area contributed by atoms with E-state index in [2.05, 4.69) is 28.5 Å². The number of likely N-dealkylation sites (N-methyl/N-ethyl adjacent to an activating group) is 1. The van der Waals surface area contributed by atoms with E-state index >= 15 is 0 Å². The van der Waals surface area contributed by atoms with Gasteiger partial charge in [0.15, 0.2) is 0 Å². The lowest BCUT2D eigenvalue weighted by Gasteiger charge is -2.35. The molecule has 2 rings (SSSR count). The number of amides is 1. The summed E-state index contributed by atoms with van der Waals surface area (Å²) in [6, 6.07) is 0. The number of piperidine rings is 1. The minimum Gasteiger partial charge on any atom is -0.340 e. The van der Waals surface area contributed by atoms with Crippen LogP contribution in [0.15, 0.2) is 0 Å². The second-order valence-electron chi connectivity index (χ2n) is 6.09. The van der Waals surface area contributed by atoms with Crippen LogP contribution in [0, 0.1) is 5.92 Å². The number of hydrogen-bond donors (Lipinski definition) is 0. The molecule has 2 aliphatic heterocycles. The van der Waals surface area contributed by atoms with E-state index in [1.807, 2.05) is 0 Å². The number of likely N-dealkylation sites (tertiary alicyclic amines) is 1. The Bertz CT molecular complexity index is 279. The van der Waals surface area contributed by atoms with Gasteiger partial charge in [-0.25, -0.2) is 0 Å². The van der Waals surface area contributed by atoms with E-state index in [4.69, 9.17) is 0 Å². The summed E-state index contributed by atoms with van der Waals surface area (Å²) in [6.45, 7) is 12.9. The van der Waals surface area contributed by atoms with Crippen LogP contribution in [0.25, 0.3) is 0 Å². The second-order valence-corrected chi connectivity index (χ2v) is 6.09. The van der Waals surface area contributed by atoms with Crippen molar-refractivity contribution in [2.75, 3.05) is 52.4 Å². The zero-order chi connectivity index (χ0) is 13.7. The Morgan fingerprint density at radius 1 is 1.00 bits per heavy atom. The average Bonchev–Trinajstić information content (AvgIpc) is 2.46. The van der Waals surface area contributed by atoms with Crippen LogP contribution in [0.3, 0.4) is 0 Å². The minimum atomic E-state index is 0.356. The Kier molecular flexibility index (Phi) is 5.64. The molecule has 0 aromatic rings. The Morgan fingerprint density at radius 2 is 1.63 bits per heavy atom. The molecule has 0 N–H and O–H groups in total. The lowest BCUT2D eigenvalue weighted by atomic mass is 9.99. The molecule has 0 aromatic carbocycles. The smallest absolute Gasteiger partial charge is 0.223 e. The van der Waals surface area contributed by atoms with Gasteiger partial charge in [0.2, 0.25) is 5.91 Å². The standard InChI is InChI=1S/C15H29N3O/c1-3-16-10-12-18(13-11-16)15(19)6-9-17-7-4-14(2)5-8-17/h14H,3-13H2,1-2H3. The molecule has 4 heteroatoms. The highest BCUT2D eigenvalue weighted by Crippen LogP contribution is 2.16. The fraction of sp³-hybridized carbons (Fsp3) is 0.933.